The number of carbonyl (C=O) groups is 1. The van der Waals surface area contributed by atoms with Gasteiger partial charge in [-0.25, -0.2) is 0 Å². The number of halogens is 1. The van der Waals surface area contributed by atoms with Crippen molar-refractivity contribution in [3.05, 3.63) is 33.4 Å². The number of nitro benzene ring substituents is 1. The first-order chi connectivity index (χ1) is 7.52. The summed E-state index contributed by atoms with van der Waals surface area (Å²) in [5.41, 5.74) is 4.79. The minimum Gasteiger partial charge on any atom is -0.393 e. The summed E-state index contributed by atoms with van der Waals surface area (Å²) < 4.78 is 0. The van der Waals surface area contributed by atoms with E-state index in [4.69, 9.17) is 11.0 Å². The number of alkyl halides is 1. The van der Waals surface area contributed by atoms with Crippen LogP contribution in [0.2, 0.25) is 0 Å². The van der Waals surface area contributed by atoms with Crippen molar-refractivity contribution in [3.63, 3.8) is 0 Å². The summed E-state index contributed by atoms with van der Waals surface area (Å²) >= 11 is 2.93. The lowest BCUT2D eigenvalue weighted by Crippen LogP contribution is -2.09. The molecule has 0 saturated heterocycles. The van der Waals surface area contributed by atoms with Gasteiger partial charge >= 0.3 is 0 Å². The first-order valence-electron chi connectivity index (χ1n) is 4.09. The highest BCUT2D eigenvalue weighted by atomic mass is 79.9. The number of benzene rings is 1. The predicted molar refractivity (Wildman–Crippen MR) is 60.3 cm³/mol. The maximum absolute atomic E-state index is 11.5. The monoisotopic (exact) mass is 283 g/mol. The topological polar surface area (TPSA) is 110 Å². The predicted octanol–water partition coefficient (Wildman–Crippen LogP) is 1.63. The molecule has 0 aliphatic carbocycles. The van der Waals surface area contributed by atoms with E-state index in [1.165, 1.54) is 6.07 Å². The van der Waals surface area contributed by atoms with Gasteiger partial charge in [0.05, 0.1) is 27.4 Å². The highest BCUT2D eigenvalue weighted by Crippen LogP contribution is 2.28. The summed E-state index contributed by atoms with van der Waals surface area (Å²) in [5, 5.41) is 19.3. The van der Waals surface area contributed by atoms with E-state index < -0.39 is 10.7 Å². The van der Waals surface area contributed by atoms with E-state index in [0.717, 1.165) is 6.07 Å². The van der Waals surface area contributed by atoms with Crippen LogP contribution in [0.15, 0.2) is 12.1 Å². The van der Waals surface area contributed by atoms with Gasteiger partial charge in [0.25, 0.3) is 5.69 Å². The number of nitriles is 1. The highest BCUT2D eigenvalue weighted by Gasteiger charge is 2.22. The Morgan fingerprint density at radius 1 is 1.62 bits per heavy atom. The molecule has 0 saturated carbocycles. The number of nitro groups is 1. The van der Waals surface area contributed by atoms with Crippen LogP contribution in [0.4, 0.5) is 11.4 Å². The number of nitrogen functional groups attached to an aromatic ring is 1. The minimum atomic E-state index is -0.693. The van der Waals surface area contributed by atoms with E-state index in [1.807, 2.05) is 0 Å². The molecule has 0 spiro atoms. The highest BCUT2D eigenvalue weighted by molar-refractivity contribution is 9.09. The summed E-state index contributed by atoms with van der Waals surface area (Å²) in [6, 6.07) is 4.10. The van der Waals surface area contributed by atoms with Crippen molar-refractivity contribution in [1.82, 2.24) is 0 Å². The van der Waals surface area contributed by atoms with Crippen LogP contribution in [0.25, 0.3) is 0 Å². The second-order valence-corrected chi connectivity index (χ2v) is 3.41. The van der Waals surface area contributed by atoms with Gasteiger partial charge in [-0.1, -0.05) is 15.9 Å². The summed E-state index contributed by atoms with van der Waals surface area (Å²) in [6.07, 6.45) is 0. The van der Waals surface area contributed by atoms with Gasteiger partial charge in [0.1, 0.15) is 5.69 Å². The molecule has 0 radical (unpaired) electrons. The zero-order valence-electron chi connectivity index (χ0n) is 7.94. The summed E-state index contributed by atoms with van der Waals surface area (Å²) in [6.45, 7) is 0. The van der Waals surface area contributed by atoms with E-state index in [1.54, 1.807) is 6.07 Å². The van der Waals surface area contributed by atoms with Gasteiger partial charge in [-0.3, -0.25) is 14.9 Å². The molecule has 1 aromatic carbocycles. The van der Waals surface area contributed by atoms with E-state index in [-0.39, 0.29) is 27.8 Å². The van der Waals surface area contributed by atoms with Crippen LogP contribution >= 0.6 is 15.9 Å². The largest absolute Gasteiger partial charge is 0.393 e. The van der Waals surface area contributed by atoms with Gasteiger partial charge in [0, 0.05) is 6.07 Å². The van der Waals surface area contributed by atoms with Gasteiger partial charge in [-0.2, -0.15) is 5.26 Å². The molecule has 0 atom stereocenters. The van der Waals surface area contributed by atoms with Crippen molar-refractivity contribution in [3.8, 4) is 6.07 Å². The molecule has 1 aromatic rings. The Balaban J connectivity index is 3.54. The van der Waals surface area contributed by atoms with Gasteiger partial charge in [-0.05, 0) is 6.07 Å². The quantitative estimate of drug-likeness (QED) is 0.298. The zero-order valence-corrected chi connectivity index (χ0v) is 9.52. The molecule has 0 aliphatic heterocycles. The van der Waals surface area contributed by atoms with Gasteiger partial charge in [0.2, 0.25) is 0 Å². The fraction of sp³-hybridized carbons (Fsp3) is 0.111. The number of carbonyl (C=O) groups excluding carboxylic acids is 1. The zero-order chi connectivity index (χ0) is 12.3. The average molecular weight is 284 g/mol. The second-order valence-electron chi connectivity index (χ2n) is 2.85. The van der Waals surface area contributed by atoms with Crippen LogP contribution in [0.1, 0.15) is 15.9 Å². The maximum atomic E-state index is 11.5. The van der Waals surface area contributed by atoms with Crippen molar-refractivity contribution >= 4 is 33.1 Å². The number of Topliss-reactive ketones (excluding diaryl/α,β-unsaturated/α-hetero) is 1. The lowest BCUT2D eigenvalue weighted by molar-refractivity contribution is -0.383. The van der Waals surface area contributed by atoms with Crippen LogP contribution < -0.4 is 5.73 Å². The first-order valence-corrected chi connectivity index (χ1v) is 5.21. The Morgan fingerprint density at radius 3 is 2.69 bits per heavy atom. The summed E-state index contributed by atoms with van der Waals surface area (Å²) in [4.78, 5) is 21.4. The number of nitrogens with two attached hydrogens (primary N) is 1. The van der Waals surface area contributed by atoms with Crippen molar-refractivity contribution in [1.29, 1.82) is 5.26 Å². The van der Waals surface area contributed by atoms with Crippen LogP contribution in [-0.2, 0) is 0 Å². The Labute approximate surface area is 98.9 Å². The fourth-order valence-electron chi connectivity index (χ4n) is 1.23. The Hall–Kier alpha value is -1.94. The number of hydrogen-bond acceptors (Lipinski definition) is 5. The molecule has 0 fully saturated rings. The van der Waals surface area contributed by atoms with Gasteiger partial charge < -0.3 is 5.73 Å². The second kappa shape index (κ2) is 4.72. The summed E-state index contributed by atoms with van der Waals surface area (Å²) in [7, 11) is 0. The molecule has 2 N–H and O–H groups in total. The molecule has 16 heavy (non-hydrogen) atoms. The molecule has 0 aliphatic rings. The van der Waals surface area contributed by atoms with Gasteiger partial charge in [0.15, 0.2) is 5.78 Å². The number of ketones is 1. The smallest absolute Gasteiger partial charge is 0.292 e. The summed E-state index contributed by atoms with van der Waals surface area (Å²) in [5.74, 6) is -0.460. The molecular formula is C9H6BrN3O3. The fourth-order valence-corrected chi connectivity index (χ4v) is 1.51. The van der Waals surface area contributed by atoms with E-state index in [0.29, 0.717) is 0 Å². The molecular weight excluding hydrogens is 278 g/mol. The number of hydrogen-bond donors (Lipinski definition) is 1. The van der Waals surface area contributed by atoms with E-state index >= 15 is 0 Å². The van der Waals surface area contributed by atoms with Crippen LogP contribution in [0.3, 0.4) is 0 Å². The Morgan fingerprint density at radius 2 is 2.25 bits per heavy atom. The number of rotatable bonds is 3. The number of anilines is 1. The average Bonchev–Trinajstić information content (AvgIpc) is 2.26. The van der Waals surface area contributed by atoms with Crippen molar-refractivity contribution in [2.75, 3.05) is 11.1 Å². The third-order valence-electron chi connectivity index (χ3n) is 1.94. The first kappa shape index (κ1) is 12.1. The lowest BCUT2D eigenvalue weighted by Gasteiger charge is -2.05. The molecule has 0 heterocycles. The third-order valence-corrected chi connectivity index (χ3v) is 2.45. The molecule has 82 valence electrons. The molecule has 0 bridgehead atoms. The van der Waals surface area contributed by atoms with Crippen molar-refractivity contribution < 1.29 is 9.72 Å². The number of nitrogens with zero attached hydrogens (tertiary/aromatic N) is 2. The van der Waals surface area contributed by atoms with E-state index in [2.05, 4.69) is 15.9 Å². The standard InChI is InChI=1S/C9H6BrN3O3/c10-3-7(14)8-5(4-11)1-2-6(9(8)12)13(15)16/h1-2H,3,12H2. The molecule has 0 amide bonds. The SMILES string of the molecule is N#Cc1ccc([N+](=O)[O-])c(N)c1C(=O)CBr. The van der Waals surface area contributed by atoms with Crippen LogP contribution in [-0.4, -0.2) is 16.0 Å². The molecule has 6 nitrogen and oxygen atoms in total. The molecule has 7 heteroatoms. The van der Waals surface area contributed by atoms with E-state index in [9.17, 15) is 14.9 Å². The van der Waals surface area contributed by atoms with Crippen molar-refractivity contribution in [2.45, 2.75) is 0 Å². The third kappa shape index (κ3) is 2.01. The molecule has 0 unspecified atom stereocenters. The van der Waals surface area contributed by atoms with Crippen LogP contribution in [0.5, 0.6) is 0 Å². The lowest BCUT2D eigenvalue weighted by atomic mass is 10.0. The normalized spacial score (nSPS) is 9.50. The van der Waals surface area contributed by atoms with Crippen molar-refractivity contribution in [2.24, 2.45) is 0 Å². The van der Waals surface area contributed by atoms with Gasteiger partial charge in [-0.15, -0.1) is 0 Å². The maximum Gasteiger partial charge on any atom is 0.292 e. The Kier molecular flexibility index (Phi) is 3.58. The molecule has 0 aromatic heterocycles. The van der Waals surface area contributed by atoms with Crippen LogP contribution in [0, 0.1) is 21.4 Å². The molecule has 1 rings (SSSR count). The Bertz CT molecular complexity index is 507. The minimum absolute atomic E-state index is 0.0348.